The standard InChI is InChI=1S/C17H16N6S/c18-17(24-13-15-4-2-1-3-5-15)21-20-12-14-6-8-16(9-7-14)23-11-10-19-22-23/h1-12H,13H2,(H2,18,21). The van der Waals surface area contributed by atoms with Gasteiger partial charge in [0.2, 0.25) is 0 Å². The average Bonchev–Trinajstić information content (AvgIpc) is 3.16. The van der Waals surface area contributed by atoms with Gasteiger partial charge in [0.1, 0.15) is 0 Å². The van der Waals surface area contributed by atoms with Gasteiger partial charge in [-0.3, -0.25) is 0 Å². The first-order chi connectivity index (χ1) is 11.8. The van der Waals surface area contributed by atoms with Crippen molar-refractivity contribution in [3.05, 3.63) is 78.1 Å². The lowest BCUT2D eigenvalue weighted by molar-refractivity contribution is 0.803. The Morgan fingerprint density at radius 3 is 2.62 bits per heavy atom. The quantitative estimate of drug-likeness (QED) is 0.441. The molecule has 6 nitrogen and oxygen atoms in total. The van der Waals surface area contributed by atoms with Gasteiger partial charge in [-0.05, 0) is 23.3 Å². The van der Waals surface area contributed by atoms with Gasteiger partial charge < -0.3 is 5.73 Å². The highest BCUT2D eigenvalue weighted by Crippen LogP contribution is 2.11. The second-order valence-electron chi connectivity index (χ2n) is 4.90. The predicted octanol–water partition coefficient (Wildman–Crippen LogP) is 2.85. The lowest BCUT2D eigenvalue weighted by atomic mass is 10.2. The number of aromatic nitrogens is 3. The molecule has 0 aliphatic rings. The van der Waals surface area contributed by atoms with E-state index in [1.807, 2.05) is 42.5 Å². The SMILES string of the molecule is NC(=NN=Cc1ccc(-n2ccnn2)cc1)SCc1ccccc1. The molecule has 2 N–H and O–H groups in total. The average molecular weight is 336 g/mol. The first-order valence-corrected chi connectivity index (χ1v) is 8.30. The summed E-state index contributed by atoms with van der Waals surface area (Å²) >= 11 is 1.46. The molecular formula is C17H16N6S. The number of hydrogen-bond acceptors (Lipinski definition) is 5. The predicted molar refractivity (Wildman–Crippen MR) is 98.3 cm³/mol. The molecule has 120 valence electrons. The summed E-state index contributed by atoms with van der Waals surface area (Å²) in [6.07, 6.45) is 5.10. The Bertz CT molecular complexity index is 810. The van der Waals surface area contributed by atoms with E-state index in [0.717, 1.165) is 17.0 Å². The van der Waals surface area contributed by atoms with E-state index in [1.165, 1.54) is 17.3 Å². The summed E-state index contributed by atoms with van der Waals surface area (Å²) in [5.41, 5.74) is 8.93. The van der Waals surface area contributed by atoms with Crippen molar-refractivity contribution in [3.8, 4) is 5.69 Å². The molecule has 7 heteroatoms. The van der Waals surface area contributed by atoms with E-state index in [-0.39, 0.29) is 0 Å². The molecule has 1 aromatic heterocycles. The molecule has 0 unspecified atom stereocenters. The minimum Gasteiger partial charge on any atom is -0.377 e. The summed E-state index contributed by atoms with van der Waals surface area (Å²) in [5.74, 6) is 0.776. The molecule has 0 fully saturated rings. The molecule has 0 aliphatic carbocycles. The highest BCUT2D eigenvalue weighted by molar-refractivity contribution is 8.13. The van der Waals surface area contributed by atoms with Crippen LogP contribution in [0.4, 0.5) is 0 Å². The largest absolute Gasteiger partial charge is 0.377 e. The Balaban J connectivity index is 1.55. The smallest absolute Gasteiger partial charge is 0.180 e. The van der Waals surface area contributed by atoms with Crippen LogP contribution in [0, 0.1) is 0 Å². The van der Waals surface area contributed by atoms with Crippen molar-refractivity contribution in [2.75, 3.05) is 0 Å². The maximum absolute atomic E-state index is 5.85. The summed E-state index contributed by atoms with van der Waals surface area (Å²) in [5, 5.41) is 16.2. The summed E-state index contributed by atoms with van der Waals surface area (Å²) in [7, 11) is 0. The molecule has 3 aromatic rings. The summed E-state index contributed by atoms with van der Waals surface area (Å²) in [6, 6.07) is 17.9. The summed E-state index contributed by atoms with van der Waals surface area (Å²) in [6.45, 7) is 0. The van der Waals surface area contributed by atoms with Crippen molar-refractivity contribution < 1.29 is 0 Å². The molecule has 0 atom stereocenters. The maximum Gasteiger partial charge on any atom is 0.180 e. The van der Waals surface area contributed by atoms with Gasteiger partial charge in [-0.15, -0.1) is 10.2 Å². The lowest BCUT2D eigenvalue weighted by Gasteiger charge is -2.00. The molecule has 3 rings (SSSR count). The van der Waals surface area contributed by atoms with Crippen LogP contribution >= 0.6 is 11.8 Å². The zero-order valence-electron chi connectivity index (χ0n) is 12.9. The number of amidine groups is 1. The fraction of sp³-hybridized carbons (Fsp3) is 0.0588. The zero-order valence-corrected chi connectivity index (χ0v) is 13.7. The fourth-order valence-electron chi connectivity index (χ4n) is 1.97. The molecule has 2 aromatic carbocycles. The highest BCUT2D eigenvalue weighted by atomic mass is 32.2. The zero-order chi connectivity index (χ0) is 16.6. The molecule has 0 saturated heterocycles. The first-order valence-electron chi connectivity index (χ1n) is 7.31. The van der Waals surface area contributed by atoms with Crippen LogP contribution < -0.4 is 5.73 Å². The minimum absolute atomic E-state index is 0.439. The molecule has 0 bridgehead atoms. The number of nitrogens with zero attached hydrogens (tertiary/aromatic N) is 5. The minimum atomic E-state index is 0.439. The molecule has 0 radical (unpaired) electrons. The third-order valence-electron chi connectivity index (χ3n) is 3.17. The highest BCUT2D eigenvalue weighted by Gasteiger charge is 1.97. The van der Waals surface area contributed by atoms with E-state index >= 15 is 0 Å². The van der Waals surface area contributed by atoms with Crippen LogP contribution in [0.5, 0.6) is 0 Å². The topological polar surface area (TPSA) is 81.5 Å². The number of thioether (sulfide) groups is 1. The Labute approximate surface area is 144 Å². The number of nitrogens with two attached hydrogens (primary N) is 1. The van der Waals surface area contributed by atoms with E-state index < -0.39 is 0 Å². The van der Waals surface area contributed by atoms with Gasteiger partial charge in [0.15, 0.2) is 5.17 Å². The van der Waals surface area contributed by atoms with Crippen molar-refractivity contribution in [1.82, 2.24) is 15.0 Å². The van der Waals surface area contributed by atoms with E-state index in [2.05, 4.69) is 32.6 Å². The summed E-state index contributed by atoms with van der Waals surface area (Å²) < 4.78 is 1.69. The molecule has 0 aliphatic heterocycles. The fourth-order valence-corrected chi connectivity index (χ4v) is 2.58. The Morgan fingerprint density at radius 1 is 1.12 bits per heavy atom. The normalized spacial score (nSPS) is 11.9. The Kier molecular flexibility index (Phi) is 5.36. The van der Waals surface area contributed by atoms with Crippen LogP contribution in [0.3, 0.4) is 0 Å². The molecule has 0 saturated carbocycles. The maximum atomic E-state index is 5.85. The number of benzene rings is 2. The third-order valence-corrected chi connectivity index (χ3v) is 4.03. The molecule has 24 heavy (non-hydrogen) atoms. The van der Waals surface area contributed by atoms with Crippen LogP contribution in [0.15, 0.2) is 77.2 Å². The molecule has 0 amide bonds. The van der Waals surface area contributed by atoms with Gasteiger partial charge in [0, 0.05) is 5.75 Å². The van der Waals surface area contributed by atoms with Crippen LogP contribution in [-0.4, -0.2) is 26.4 Å². The summed E-state index contributed by atoms with van der Waals surface area (Å²) in [4.78, 5) is 0. The number of hydrogen-bond donors (Lipinski definition) is 1. The second kappa shape index (κ2) is 8.07. The van der Waals surface area contributed by atoms with E-state index in [4.69, 9.17) is 5.73 Å². The monoisotopic (exact) mass is 336 g/mol. The lowest BCUT2D eigenvalue weighted by Crippen LogP contribution is -2.06. The van der Waals surface area contributed by atoms with Gasteiger partial charge in [0.25, 0.3) is 0 Å². The van der Waals surface area contributed by atoms with Gasteiger partial charge >= 0.3 is 0 Å². The van der Waals surface area contributed by atoms with Crippen LogP contribution in [-0.2, 0) is 5.75 Å². The van der Waals surface area contributed by atoms with Gasteiger partial charge in [0.05, 0.1) is 24.3 Å². The molecular weight excluding hydrogens is 320 g/mol. The van der Waals surface area contributed by atoms with Crippen molar-refractivity contribution in [2.45, 2.75) is 5.75 Å². The van der Waals surface area contributed by atoms with Crippen LogP contribution in [0.1, 0.15) is 11.1 Å². The van der Waals surface area contributed by atoms with E-state index in [1.54, 1.807) is 23.3 Å². The van der Waals surface area contributed by atoms with Crippen molar-refractivity contribution in [3.63, 3.8) is 0 Å². The Morgan fingerprint density at radius 2 is 1.92 bits per heavy atom. The van der Waals surface area contributed by atoms with E-state index in [0.29, 0.717) is 5.17 Å². The molecule has 0 spiro atoms. The van der Waals surface area contributed by atoms with Gasteiger partial charge in [-0.25, -0.2) is 4.68 Å². The van der Waals surface area contributed by atoms with Crippen LogP contribution in [0.2, 0.25) is 0 Å². The first kappa shape index (κ1) is 15.9. The Hall–Kier alpha value is -2.93. The van der Waals surface area contributed by atoms with Crippen LogP contribution in [0.25, 0.3) is 5.69 Å². The van der Waals surface area contributed by atoms with Crippen molar-refractivity contribution in [1.29, 1.82) is 0 Å². The second-order valence-corrected chi connectivity index (χ2v) is 5.89. The van der Waals surface area contributed by atoms with Crippen molar-refractivity contribution >= 4 is 23.1 Å². The van der Waals surface area contributed by atoms with Gasteiger partial charge in [-0.2, -0.15) is 5.10 Å². The van der Waals surface area contributed by atoms with Gasteiger partial charge in [-0.1, -0.05) is 59.4 Å². The molecule has 1 heterocycles. The van der Waals surface area contributed by atoms with Crippen molar-refractivity contribution in [2.24, 2.45) is 15.9 Å². The number of rotatable bonds is 5. The third kappa shape index (κ3) is 4.53. The van der Waals surface area contributed by atoms with E-state index in [9.17, 15) is 0 Å².